The lowest BCUT2D eigenvalue weighted by Crippen LogP contribution is -2.51. The molecule has 1 saturated heterocycles. The van der Waals surface area contributed by atoms with Crippen molar-refractivity contribution in [3.8, 4) is 0 Å². The number of halogens is 1. The second-order valence-electron chi connectivity index (χ2n) is 6.68. The molecule has 0 radical (unpaired) electrons. The van der Waals surface area contributed by atoms with Gasteiger partial charge in [-0.25, -0.2) is 0 Å². The maximum absolute atomic E-state index is 5.49. The van der Waals surface area contributed by atoms with Crippen LogP contribution in [0.5, 0.6) is 0 Å². The molecule has 1 unspecified atom stereocenters. The van der Waals surface area contributed by atoms with E-state index in [-0.39, 0.29) is 24.0 Å². The van der Waals surface area contributed by atoms with Crippen LogP contribution < -0.4 is 10.6 Å². The molecule has 7 nitrogen and oxygen atoms in total. The third kappa shape index (κ3) is 7.49. The Morgan fingerprint density at radius 3 is 2.60 bits per heavy atom. The molecule has 1 aromatic heterocycles. The van der Waals surface area contributed by atoms with Crippen LogP contribution in [-0.2, 0) is 18.3 Å². The lowest BCUT2D eigenvalue weighted by Gasteiger charge is -2.35. The first-order chi connectivity index (χ1) is 11.6. The Morgan fingerprint density at radius 1 is 1.32 bits per heavy atom. The summed E-state index contributed by atoms with van der Waals surface area (Å²) in [5, 5.41) is 11.0. The van der Waals surface area contributed by atoms with Gasteiger partial charge in [-0.05, 0) is 18.4 Å². The maximum atomic E-state index is 5.49. The number of aryl methyl sites for hydroxylation is 1. The number of hydrogen-bond acceptors (Lipinski definition) is 4. The molecule has 0 amide bonds. The number of morpholine rings is 1. The second kappa shape index (κ2) is 11.7. The van der Waals surface area contributed by atoms with Crippen molar-refractivity contribution in [3.05, 3.63) is 18.0 Å². The Balaban J connectivity index is 0.00000312. The molecule has 25 heavy (non-hydrogen) atoms. The quantitative estimate of drug-likeness (QED) is 0.364. The Labute approximate surface area is 168 Å². The summed E-state index contributed by atoms with van der Waals surface area (Å²) in [4.78, 5) is 6.87. The average molecular weight is 464 g/mol. The molecule has 0 aromatic carbocycles. The molecule has 144 valence electrons. The van der Waals surface area contributed by atoms with Gasteiger partial charge in [-0.15, -0.1) is 24.0 Å². The fourth-order valence-electron chi connectivity index (χ4n) is 3.03. The van der Waals surface area contributed by atoms with E-state index in [1.54, 1.807) is 0 Å². The van der Waals surface area contributed by atoms with Gasteiger partial charge in [-0.2, -0.15) is 5.10 Å². The molecule has 1 aliphatic heterocycles. The lowest BCUT2D eigenvalue weighted by molar-refractivity contribution is 0.0132. The Bertz CT molecular complexity index is 513. The van der Waals surface area contributed by atoms with Gasteiger partial charge in [0.25, 0.3) is 0 Å². The standard InChI is InChI=1S/C17H32N6O.HI/c1-14(2)11-16(23-7-9-24-10-8-23)13-20-17(18-3)19-12-15-5-6-21-22(15)4;/h5-6,14,16H,7-13H2,1-4H3,(H2,18,19,20);1H. The minimum absolute atomic E-state index is 0. The van der Waals surface area contributed by atoms with Crippen LogP contribution in [0.4, 0.5) is 0 Å². The number of rotatable bonds is 7. The molecule has 1 aliphatic rings. The van der Waals surface area contributed by atoms with Gasteiger partial charge in [-0.1, -0.05) is 13.8 Å². The summed E-state index contributed by atoms with van der Waals surface area (Å²) in [6.07, 6.45) is 2.98. The molecule has 2 N–H and O–H groups in total. The van der Waals surface area contributed by atoms with E-state index in [9.17, 15) is 0 Å². The van der Waals surface area contributed by atoms with Gasteiger partial charge in [0.15, 0.2) is 5.96 Å². The van der Waals surface area contributed by atoms with Crippen molar-refractivity contribution >= 4 is 29.9 Å². The highest BCUT2D eigenvalue weighted by molar-refractivity contribution is 14.0. The number of nitrogens with zero attached hydrogens (tertiary/aromatic N) is 4. The van der Waals surface area contributed by atoms with Crippen LogP contribution in [0.15, 0.2) is 17.3 Å². The number of nitrogens with one attached hydrogen (secondary N) is 2. The van der Waals surface area contributed by atoms with E-state index in [1.807, 2.05) is 31.0 Å². The Morgan fingerprint density at radius 2 is 2.04 bits per heavy atom. The predicted molar refractivity (Wildman–Crippen MR) is 112 cm³/mol. The number of aliphatic imine (C=N–C) groups is 1. The van der Waals surface area contributed by atoms with E-state index < -0.39 is 0 Å². The van der Waals surface area contributed by atoms with E-state index in [2.05, 4.69) is 39.5 Å². The first-order valence-corrected chi connectivity index (χ1v) is 8.83. The molecule has 8 heteroatoms. The molecule has 0 saturated carbocycles. The average Bonchev–Trinajstić information content (AvgIpc) is 2.99. The molecule has 2 heterocycles. The molecule has 0 aliphatic carbocycles. The largest absolute Gasteiger partial charge is 0.379 e. The summed E-state index contributed by atoms with van der Waals surface area (Å²) in [6.45, 7) is 9.86. The molecular weight excluding hydrogens is 431 g/mol. The molecular formula is C17H33IN6O. The highest BCUT2D eigenvalue weighted by Gasteiger charge is 2.22. The first kappa shape index (κ1) is 22.2. The SMILES string of the molecule is CN=C(NCc1ccnn1C)NCC(CC(C)C)N1CCOCC1.I. The zero-order valence-electron chi connectivity index (χ0n) is 15.9. The van der Waals surface area contributed by atoms with Gasteiger partial charge in [0, 0.05) is 46.0 Å². The molecule has 1 atom stereocenters. The molecule has 1 fully saturated rings. The van der Waals surface area contributed by atoms with Gasteiger partial charge in [0.05, 0.1) is 25.5 Å². The third-order valence-electron chi connectivity index (χ3n) is 4.39. The predicted octanol–water partition coefficient (Wildman–Crippen LogP) is 1.45. The zero-order valence-corrected chi connectivity index (χ0v) is 18.2. The highest BCUT2D eigenvalue weighted by atomic mass is 127. The van der Waals surface area contributed by atoms with E-state index in [1.165, 1.54) is 6.42 Å². The molecule has 1 aromatic rings. The number of ether oxygens (including phenoxy) is 1. The molecule has 0 spiro atoms. The van der Waals surface area contributed by atoms with Crippen molar-refractivity contribution in [1.82, 2.24) is 25.3 Å². The van der Waals surface area contributed by atoms with E-state index >= 15 is 0 Å². The van der Waals surface area contributed by atoms with Crippen molar-refractivity contribution in [2.75, 3.05) is 39.9 Å². The van der Waals surface area contributed by atoms with Gasteiger partial charge in [0.2, 0.25) is 0 Å². The number of guanidine groups is 1. The monoisotopic (exact) mass is 464 g/mol. The minimum atomic E-state index is 0. The summed E-state index contributed by atoms with van der Waals surface area (Å²) in [5.74, 6) is 1.50. The van der Waals surface area contributed by atoms with Crippen LogP contribution in [0.2, 0.25) is 0 Å². The van der Waals surface area contributed by atoms with Crippen molar-refractivity contribution in [3.63, 3.8) is 0 Å². The van der Waals surface area contributed by atoms with Gasteiger partial charge < -0.3 is 15.4 Å². The third-order valence-corrected chi connectivity index (χ3v) is 4.39. The summed E-state index contributed by atoms with van der Waals surface area (Å²) in [6, 6.07) is 2.51. The van der Waals surface area contributed by atoms with Crippen LogP contribution in [0.25, 0.3) is 0 Å². The van der Waals surface area contributed by atoms with Crippen LogP contribution in [0.1, 0.15) is 26.0 Å². The summed E-state index contributed by atoms with van der Waals surface area (Å²) in [7, 11) is 3.76. The molecule has 0 bridgehead atoms. The molecule has 2 rings (SSSR count). The minimum Gasteiger partial charge on any atom is -0.379 e. The Kier molecular flexibility index (Phi) is 10.4. The first-order valence-electron chi connectivity index (χ1n) is 8.83. The van der Waals surface area contributed by atoms with Crippen LogP contribution in [-0.4, -0.2) is 66.6 Å². The number of aromatic nitrogens is 2. The van der Waals surface area contributed by atoms with Crippen molar-refractivity contribution in [1.29, 1.82) is 0 Å². The van der Waals surface area contributed by atoms with Gasteiger partial charge in [0.1, 0.15) is 0 Å². The van der Waals surface area contributed by atoms with Gasteiger partial charge in [-0.3, -0.25) is 14.6 Å². The van der Waals surface area contributed by atoms with Crippen molar-refractivity contribution in [2.24, 2.45) is 18.0 Å². The smallest absolute Gasteiger partial charge is 0.191 e. The van der Waals surface area contributed by atoms with Crippen molar-refractivity contribution < 1.29 is 4.74 Å². The van der Waals surface area contributed by atoms with Gasteiger partial charge >= 0.3 is 0 Å². The zero-order chi connectivity index (χ0) is 17.4. The lowest BCUT2D eigenvalue weighted by atomic mass is 10.0. The van der Waals surface area contributed by atoms with E-state index in [0.29, 0.717) is 18.5 Å². The second-order valence-corrected chi connectivity index (χ2v) is 6.68. The topological polar surface area (TPSA) is 66.7 Å². The normalized spacial score (nSPS) is 17.2. The summed E-state index contributed by atoms with van der Waals surface area (Å²) in [5.41, 5.74) is 1.13. The van der Waals surface area contributed by atoms with Crippen LogP contribution in [0.3, 0.4) is 0 Å². The fraction of sp³-hybridized carbons (Fsp3) is 0.765. The fourth-order valence-corrected chi connectivity index (χ4v) is 3.03. The van der Waals surface area contributed by atoms with Crippen molar-refractivity contribution in [2.45, 2.75) is 32.9 Å². The summed E-state index contributed by atoms with van der Waals surface area (Å²) >= 11 is 0. The number of hydrogen-bond donors (Lipinski definition) is 2. The summed E-state index contributed by atoms with van der Waals surface area (Å²) < 4.78 is 7.36. The highest BCUT2D eigenvalue weighted by Crippen LogP contribution is 2.13. The van der Waals surface area contributed by atoms with E-state index in [0.717, 1.165) is 44.5 Å². The maximum Gasteiger partial charge on any atom is 0.191 e. The van der Waals surface area contributed by atoms with Crippen LogP contribution >= 0.6 is 24.0 Å². The Hall–Kier alpha value is -0.870. The van der Waals surface area contributed by atoms with E-state index in [4.69, 9.17) is 4.74 Å². The van der Waals surface area contributed by atoms with Crippen LogP contribution in [0, 0.1) is 5.92 Å².